The van der Waals surface area contributed by atoms with Crippen LogP contribution < -0.4 is 10.9 Å². The molecule has 2 atom stereocenters. The molecule has 1 aliphatic heterocycles. The maximum absolute atomic E-state index is 12.9. The Balaban J connectivity index is 0.00000274. The van der Waals surface area contributed by atoms with Crippen molar-refractivity contribution in [2.75, 3.05) is 0 Å². The van der Waals surface area contributed by atoms with Crippen molar-refractivity contribution in [3.8, 4) is 5.69 Å². The molecule has 8 nitrogen and oxygen atoms in total. The fraction of sp³-hybridized carbons (Fsp3) is 0.440. The van der Waals surface area contributed by atoms with Gasteiger partial charge in [-0.3, -0.25) is 4.79 Å². The quantitative estimate of drug-likeness (QED) is 0.460. The Morgan fingerprint density at radius 3 is 2.29 bits per heavy atom. The fourth-order valence-electron chi connectivity index (χ4n) is 4.97. The molecule has 1 aliphatic rings. The number of H-pyrrole nitrogens is 1. The minimum atomic E-state index is -0.118. The molecule has 0 saturated carbocycles. The van der Waals surface area contributed by atoms with Crippen molar-refractivity contribution in [2.45, 2.75) is 72.0 Å². The van der Waals surface area contributed by atoms with Crippen LogP contribution in [0.25, 0.3) is 16.7 Å². The zero-order chi connectivity index (χ0) is 23.3. The number of aromatic amines is 1. The van der Waals surface area contributed by atoms with Gasteiger partial charge in [-0.2, -0.15) is 10.2 Å². The van der Waals surface area contributed by atoms with Crippen molar-refractivity contribution in [1.29, 1.82) is 0 Å². The second-order valence-corrected chi connectivity index (χ2v) is 9.52. The number of aromatic nitrogens is 6. The molecular weight excluding hydrogens is 450 g/mol. The van der Waals surface area contributed by atoms with Crippen LogP contribution in [0, 0.1) is 20.8 Å². The number of benzene rings is 1. The van der Waals surface area contributed by atoms with E-state index in [0.29, 0.717) is 35.4 Å². The summed E-state index contributed by atoms with van der Waals surface area (Å²) < 4.78 is 3.88. The molecule has 0 bridgehead atoms. The largest absolute Gasteiger partial charge is 0.312 e. The number of halogens is 1. The van der Waals surface area contributed by atoms with Crippen LogP contribution in [0.2, 0.25) is 0 Å². The van der Waals surface area contributed by atoms with Crippen LogP contribution in [0.3, 0.4) is 0 Å². The van der Waals surface area contributed by atoms with Crippen molar-refractivity contribution in [3.05, 3.63) is 69.2 Å². The number of hydrogen-bond acceptors (Lipinski definition) is 5. The second kappa shape index (κ2) is 9.35. The van der Waals surface area contributed by atoms with E-state index in [1.54, 1.807) is 0 Å². The van der Waals surface area contributed by atoms with Gasteiger partial charge in [-0.15, -0.1) is 12.4 Å². The predicted molar refractivity (Wildman–Crippen MR) is 136 cm³/mol. The summed E-state index contributed by atoms with van der Waals surface area (Å²) in [6.45, 7) is 10.4. The molecule has 9 heteroatoms. The first-order chi connectivity index (χ1) is 15.8. The third kappa shape index (κ3) is 4.52. The molecule has 0 aliphatic carbocycles. The van der Waals surface area contributed by atoms with Crippen molar-refractivity contribution < 1.29 is 0 Å². The Labute approximate surface area is 205 Å². The lowest BCUT2D eigenvalue weighted by molar-refractivity contribution is 0.253. The number of hydrogen-bond donors (Lipinski definition) is 2. The van der Waals surface area contributed by atoms with Crippen LogP contribution in [0.1, 0.15) is 61.1 Å². The molecule has 180 valence electrons. The maximum atomic E-state index is 12.9. The lowest BCUT2D eigenvalue weighted by Crippen LogP contribution is -2.43. The van der Waals surface area contributed by atoms with Crippen molar-refractivity contribution in [3.63, 3.8) is 0 Å². The molecular formula is C25H32ClN7O. The Morgan fingerprint density at radius 2 is 1.68 bits per heavy atom. The summed E-state index contributed by atoms with van der Waals surface area (Å²) in [4.78, 5) is 20.8. The molecule has 4 heterocycles. The highest BCUT2D eigenvalue weighted by Crippen LogP contribution is 2.28. The lowest BCUT2D eigenvalue weighted by atomic mass is 9.95. The number of rotatable bonds is 4. The highest BCUT2D eigenvalue weighted by atomic mass is 35.5. The average Bonchev–Trinajstić information content (AvgIpc) is 3.27. The van der Waals surface area contributed by atoms with Crippen LogP contribution >= 0.6 is 12.4 Å². The first-order valence-electron chi connectivity index (χ1n) is 11.6. The van der Waals surface area contributed by atoms with Gasteiger partial charge in [0.1, 0.15) is 11.2 Å². The summed E-state index contributed by atoms with van der Waals surface area (Å²) in [5.41, 5.74) is 5.59. The topological polar surface area (TPSA) is 93.4 Å². The molecule has 1 saturated heterocycles. The van der Waals surface area contributed by atoms with Crippen molar-refractivity contribution in [1.82, 2.24) is 34.8 Å². The maximum Gasteiger partial charge on any atom is 0.262 e. The van der Waals surface area contributed by atoms with Gasteiger partial charge in [0.15, 0.2) is 5.65 Å². The van der Waals surface area contributed by atoms with Crippen LogP contribution in [0.4, 0.5) is 0 Å². The van der Waals surface area contributed by atoms with E-state index in [4.69, 9.17) is 10.1 Å². The van der Waals surface area contributed by atoms with Gasteiger partial charge >= 0.3 is 0 Å². The molecule has 1 fully saturated rings. The lowest BCUT2D eigenvalue weighted by Gasteiger charge is -2.33. The van der Waals surface area contributed by atoms with Gasteiger partial charge in [0.05, 0.1) is 23.1 Å². The fourth-order valence-corrected chi connectivity index (χ4v) is 4.97. The summed E-state index contributed by atoms with van der Waals surface area (Å²) in [7, 11) is 0. The molecule has 0 amide bonds. The van der Waals surface area contributed by atoms with E-state index in [0.717, 1.165) is 35.5 Å². The van der Waals surface area contributed by atoms with Crippen LogP contribution in [-0.2, 0) is 6.42 Å². The second-order valence-electron chi connectivity index (χ2n) is 9.52. The third-order valence-corrected chi connectivity index (χ3v) is 6.67. The monoisotopic (exact) mass is 481 g/mol. The summed E-state index contributed by atoms with van der Waals surface area (Å²) in [6.07, 6.45) is 4.52. The number of piperidine rings is 1. The zero-order valence-corrected chi connectivity index (χ0v) is 21.1. The van der Waals surface area contributed by atoms with Crippen molar-refractivity contribution in [2.24, 2.45) is 0 Å². The van der Waals surface area contributed by atoms with Crippen molar-refractivity contribution >= 4 is 23.4 Å². The molecule has 0 spiro atoms. The number of aryl methyl sites for hydroxylation is 3. The summed E-state index contributed by atoms with van der Waals surface area (Å²) >= 11 is 0. The van der Waals surface area contributed by atoms with Gasteiger partial charge in [-0.05, 0) is 70.7 Å². The molecule has 2 N–H and O–H groups in total. The molecule has 0 radical (unpaired) electrons. The van der Waals surface area contributed by atoms with Crippen LogP contribution in [-0.4, -0.2) is 41.6 Å². The molecule has 1 aromatic carbocycles. The van der Waals surface area contributed by atoms with Gasteiger partial charge in [0, 0.05) is 24.7 Å². The first-order valence-corrected chi connectivity index (χ1v) is 11.6. The Hall–Kier alpha value is -2.97. The zero-order valence-electron chi connectivity index (χ0n) is 20.3. The molecule has 4 aromatic rings. The van der Waals surface area contributed by atoms with E-state index in [1.165, 1.54) is 5.56 Å². The van der Waals surface area contributed by atoms with Gasteiger partial charge in [-0.25, -0.2) is 14.3 Å². The van der Waals surface area contributed by atoms with E-state index in [-0.39, 0.29) is 24.0 Å². The first kappa shape index (κ1) is 24.2. The van der Waals surface area contributed by atoms with Gasteiger partial charge in [-0.1, -0.05) is 12.1 Å². The smallest absolute Gasteiger partial charge is 0.262 e. The highest BCUT2D eigenvalue weighted by Gasteiger charge is 2.28. The van der Waals surface area contributed by atoms with Gasteiger partial charge in [0.2, 0.25) is 0 Å². The summed E-state index contributed by atoms with van der Waals surface area (Å²) in [6, 6.07) is 9.25. The minimum Gasteiger partial charge on any atom is -0.312 e. The average molecular weight is 482 g/mol. The Bertz CT molecular complexity index is 1340. The van der Waals surface area contributed by atoms with Crippen LogP contribution in [0.15, 0.2) is 35.3 Å². The minimum absolute atomic E-state index is 0. The summed E-state index contributed by atoms with van der Waals surface area (Å²) in [5.74, 6) is 0.655. The normalized spacial score (nSPS) is 20.4. The Morgan fingerprint density at radius 1 is 1.00 bits per heavy atom. The molecule has 5 rings (SSSR count). The van der Waals surface area contributed by atoms with Gasteiger partial charge in [0.25, 0.3) is 5.56 Å². The van der Waals surface area contributed by atoms with E-state index in [9.17, 15) is 4.79 Å². The molecule has 2 unspecified atom stereocenters. The molecule has 3 aromatic heterocycles. The molecule has 34 heavy (non-hydrogen) atoms. The van der Waals surface area contributed by atoms with E-state index in [1.807, 2.05) is 41.5 Å². The number of nitrogens with one attached hydrogen (secondary N) is 2. The van der Waals surface area contributed by atoms with Gasteiger partial charge < -0.3 is 10.3 Å². The van der Waals surface area contributed by atoms with E-state index < -0.39 is 0 Å². The number of fused-ring (bicyclic) bond motifs is 1. The van der Waals surface area contributed by atoms with E-state index in [2.05, 4.69) is 48.3 Å². The SMILES string of the molecule is Cc1cn(-c2ccc(Cc3nc4c(c(C)nn4C4CC(C)NC(C)C4)c(=O)[nH]3)cc2)nc1C.Cl. The third-order valence-electron chi connectivity index (χ3n) is 6.67. The standard InChI is InChI=1S/C25H31N7O.ClH/c1-14-13-31(29-17(14)4)20-8-6-19(7-9-20)12-22-27-24-23(25(33)28-22)18(5)30-32(24)21-10-15(2)26-16(3)11-21;/h6-9,13,15-16,21,26H,10-12H2,1-5H3,(H,27,28,33);1H. The number of nitrogens with zero attached hydrogens (tertiary/aromatic N) is 5. The Kier molecular flexibility index (Phi) is 6.64. The predicted octanol–water partition coefficient (Wildman–Crippen LogP) is 3.94. The van der Waals surface area contributed by atoms with Crippen LogP contribution in [0.5, 0.6) is 0 Å². The van der Waals surface area contributed by atoms with E-state index >= 15 is 0 Å². The highest BCUT2D eigenvalue weighted by molar-refractivity contribution is 5.85. The summed E-state index contributed by atoms with van der Waals surface area (Å²) in [5, 5.41) is 13.5.